The van der Waals surface area contributed by atoms with Crippen LogP contribution in [0.15, 0.2) is 24.7 Å². The average molecular weight is 268 g/mol. The quantitative estimate of drug-likeness (QED) is 0.496. The molecule has 1 heterocycles. The summed E-state index contributed by atoms with van der Waals surface area (Å²) in [6.45, 7) is 3.80. The van der Waals surface area contributed by atoms with E-state index in [0.29, 0.717) is 13.2 Å². The molecule has 1 aliphatic heterocycles. The fraction of sp³-hybridized carbons (Fsp3) is 0.571. The Morgan fingerprint density at radius 2 is 1.42 bits per heavy atom. The highest BCUT2D eigenvalue weighted by atomic mass is 16.6. The third-order valence-electron chi connectivity index (χ3n) is 2.56. The zero-order valence-electron chi connectivity index (χ0n) is 11.3. The monoisotopic (exact) mass is 268 g/mol. The van der Waals surface area contributed by atoms with Gasteiger partial charge in [0.2, 0.25) is 0 Å². The van der Waals surface area contributed by atoms with Crippen molar-refractivity contribution in [1.82, 2.24) is 0 Å². The van der Waals surface area contributed by atoms with E-state index in [0.717, 1.165) is 12.8 Å². The molecule has 2 unspecified atom stereocenters. The molecule has 0 radical (unpaired) electrons. The third-order valence-corrected chi connectivity index (χ3v) is 2.56. The molecular weight excluding hydrogens is 248 g/mol. The fourth-order valence-electron chi connectivity index (χ4n) is 1.64. The minimum Gasteiger partial charge on any atom is -0.498 e. The number of carbonyl (C=O) groups is 2. The van der Waals surface area contributed by atoms with Gasteiger partial charge < -0.3 is 14.2 Å². The van der Waals surface area contributed by atoms with Crippen molar-refractivity contribution in [2.45, 2.75) is 38.9 Å². The van der Waals surface area contributed by atoms with Gasteiger partial charge in [-0.3, -0.25) is 9.59 Å². The van der Waals surface area contributed by atoms with Gasteiger partial charge in [-0.1, -0.05) is 0 Å². The maximum atomic E-state index is 10.6. The number of ether oxygens (including phenoxy) is 3. The van der Waals surface area contributed by atoms with Crippen molar-refractivity contribution < 1.29 is 23.8 Å². The maximum absolute atomic E-state index is 10.6. The summed E-state index contributed by atoms with van der Waals surface area (Å²) in [5.74, 6) is -0.0910. The van der Waals surface area contributed by atoms with Gasteiger partial charge in [-0.2, -0.15) is 0 Å². The summed E-state index contributed by atoms with van der Waals surface area (Å²) in [5, 5.41) is 0. The van der Waals surface area contributed by atoms with E-state index < -0.39 is 0 Å². The van der Waals surface area contributed by atoms with Crippen molar-refractivity contribution in [2.24, 2.45) is 0 Å². The van der Waals surface area contributed by atoms with Crippen LogP contribution in [-0.4, -0.2) is 37.0 Å². The SMILES string of the molecule is CC(=O)/C=C/OCC1CCC(CO/C=C/C(C)=O)O1. The number of carbonyl (C=O) groups excluding carboxylic acids is 2. The number of rotatable bonds is 8. The molecule has 0 aliphatic carbocycles. The molecule has 5 nitrogen and oxygen atoms in total. The van der Waals surface area contributed by atoms with E-state index in [1.54, 1.807) is 0 Å². The van der Waals surface area contributed by atoms with Crippen LogP contribution in [0.2, 0.25) is 0 Å². The molecule has 0 aromatic rings. The lowest BCUT2D eigenvalue weighted by Crippen LogP contribution is -2.18. The Balaban J connectivity index is 2.12. The molecule has 0 saturated carbocycles. The highest BCUT2D eigenvalue weighted by molar-refractivity contribution is 5.87. The van der Waals surface area contributed by atoms with Crippen LogP contribution in [0.1, 0.15) is 26.7 Å². The molecule has 1 fully saturated rings. The lowest BCUT2D eigenvalue weighted by Gasteiger charge is -2.12. The van der Waals surface area contributed by atoms with E-state index in [9.17, 15) is 9.59 Å². The average Bonchev–Trinajstić information content (AvgIpc) is 2.78. The largest absolute Gasteiger partial charge is 0.498 e. The number of hydrogen-bond donors (Lipinski definition) is 0. The Kier molecular flexibility index (Phi) is 6.89. The van der Waals surface area contributed by atoms with E-state index in [2.05, 4.69) is 0 Å². The Bertz CT molecular complexity index is 325. The molecule has 0 N–H and O–H groups in total. The van der Waals surface area contributed by atoms with Crippen LogP contribution in [-0.2, 0) is 23.8 Å². The summed E-state index contributed by atoms with van der Waals surface area (Å²) in [6, 6.07) is 0. The van der Waals surface area contributed by atoms with E-state index >= 15 is 0 Å². The van der Waals surface area contributed by atoms with Crippen LogP contribution in [0.4, 0.5) is 0 Å². The molecular formula is C14H20O5. The predicted octanol–water partition coefficient (Wildman–Crippen LogP) is 1.77. The molecule has 1 aliphatic rings. The van der Waals surface area contributed by atoms with E-state index in [1.807, 2.05) is 0 Å². The first kappa shape index (κ1) is 15.4. The van der Waals surface area contributed by atoms with Gasteiger partial charge in [0.15, 0.2) is 11.6 Å². The Morgan fingerprint density at radius 1 is 1.00 bits per heavy atom. The smallest absolute Gasteiger partial charge is 0.155 e. The van der Waals surface area contributed by atoms with Gasteiger partial charge in [0.25, 0.3) is 0 Å². The molecule has 0 aromatic heterocycles. The van der Waals surface area contributed by atoms with Crippen molar-refractivity contribution >= 4 is 11.6 Å². The van der Waals surface area contributed by atoms with Gasteiger partial charge in [0.05, 0.1) is 24.7 Å². The minimum absolute atomic E-state index is 0.0296. The van der Waals surface area contributed by atoms with Crippen LogP contribution in [0.5, 0.6) is 0 Å². The highest BCUT2D eigenvalue weighted by Gasteiger charge is 2.25. The second kappa shape index (κ2) is 8.48. The molecule has 2 atom stereocenters. The van der Waals surface area contributed by atoms with Gasteiger partial charge >= 0.3 is 0 Å². The first-order valence-corrected chi connectivity index (χ1v) is 6.31. The summed E-state index contributed by atoms with van der Waals surface area (Å²) >= 11 is 0. The number of hydrogen-bond acceptors (Lipinski definition) is 5. The van der Waals surface area contributed by atoms with Crippen molar-refractivity contribution in [3.05, 3.63) is 24.7 Å². The molecule has 0 aromatic carbocycles. The van der Waals surface area contributed by atoms with Gasteiger partial charge in [0, 0.05) is 12.2 Å². The standard InChI is InChI=1S/C14H20O5/c1-11(15)5-7-17-9-13-3-4-14(19-13)10-18-8-6-12(2)16/h5-8,13-14H,3-4,9-10H2,1-2H3/b7-5+,8-6+. The summed E-state index contributed by atoms with van der Waals surface area (Å²) in [6.07, 6.45) is 7.40. The summed E-state index contributed by atoms with van der Waals surface area (Å²) in [7, 11) is 0. The zero-order valence-corrected chi connectivity index (χ0v) is 11.3. The molecule has 19 heavy (non-hydrogen) atoms. The summed E-state index contributed by atoms with van der Waals surface area (Å²) in [5.41, 5.74) is 0. The van der Waals surface area contributed by atoms with Crippen molar-refractivity contribution in [1.29, 1.82) is 0 Å². The lowest BCUT2D eigenvalue weighted by molar-refractivity contribution is -0.113. The molecule has 0 bridgehead atoms. The van der Waals surface area contributed by atoms with Crippen molar-refractivity contribution in [3.63, 3.8) is 0 Å². The predicted molar refractivity (Wildman–Crippen MR) is 69.4 cm³/mol. The molecule has 0 spiro atoms. The van der Waals surface area contributed by atoms with Crippen molar-refractivity contribution in [2.75, 3.05) is 13.2 Å². The van der Waals surface area contributed by atoms with E-state index in [1.165, 1.54) is 38.5 Å². The first-order valence-electron chi connectivity index (χ1n) is 6.31. The molecule has 106 valence electrons. The van der Waals surface area contributed by atoms with Crippen LogP contribution in [0.3, 0.4) is 0 Å². The van der Waals surface area contributed by atoms with Crippen LogP contribution in [0, 0.1) is 0 Å². The van der Waals surface area contributed by atoms with Crippen molar-refractivity contribution in [3.8, 4) is 0 Å². The van der Waals surface area contributed by atoms with Gasteiger partial charge in [-0.25, -0.2) is 0 Å². The second-order valence-corrected chi connectivity index (χ2v) is 4.45. The molecule has 1 rings (SSSR count). The van der Waals surface area contributed by atoms with Gasteiger partial charge in [0.1, 0.15) is 13.2 Å². The first-order chi connectivity index (χ1) is 9.08. The van der Waals surface area contributed by atoms with Crippen LogP contribution < -0.4 is 0 Å². The highest BCUT2D eigenvalue weighted by Crippen LogP contribution is 2.20. The molecule has 0 amide bonds. The van der Waals surface area contributed by atoms with E-state index in [4.69, 9.17) is 14.2 Å². The van der Waals surface area contributed by atoms with Gasteiger partial charge in [-0.15, -0.1) is 0 Å². The molecule has 1 saturated heterocycles. The lowest BCUT2D eigenvalue weighted by atomic mass is 10.2. The number of ketones is 2. The zero-order chi connectivity index (χ0) is 14.1. The Hall–Kier alpha value is -1.62. The van der Waals surface area contributed by atoms with E-state index in [-0.39, 0.29) is 23.8 Å². The number of allylic oxidation sites excluding steroid dienone is 2. The van der Waals surface area contributed by atoms with Crippen LogP contribution in [0.25, 0.3) is 0 Å². The molecule has 5 heteroatoms. The van der Waals surface area contributed by atoms with Gasteiger partial charge in [-0.05, 0) is 26.7 Å². The Labute approximate surface area is 113 Å². The normalized spacial score (nSPS) is 23.1. The second-order valence-electron chi connectivity index (χ2n) is 4.45. The Morgan fingerprint density at radius 3 is 1.79 bits per heavy atom. The van der Waals surface area contributed by atoms with Crippen LogP contribution >= 0.6 is 0 Å². The topological polar surface area (TPSA) is 61.8 Å². The fourth-order valence-corrected chi connectivity index (χ4v) is 1.64. The maximum Gasteiger partial charge on any atom is 0.155 e. The summed E-state index contributed by atoms with van der Waals surface area (Å²) < 4.78 is 16.1. The minimum atomic E-state index is -0.0455. The third kappa shape index (κ3) is 7.41. The summed E-state index contributed by atoms with van der Waals surface area (Å²) in [4.78, 5) is 21.3.